The van der Waals surface area contributed by atoms with Gasteiger partial charge in [-0.25, -0.2) is 8.57 Å². The van der Waals surface area contributed by atoms with Gasteiger partial charge in [0.1, 0.15) is 0 Å². The summed E-state index contributed by atoms with van der Waals surface area (Å²) < 4.78 is 16.6. The van der Waals surface area contributed by atoms with Gasteiger partial charge in [-0.1, -0.05) is 13.8 Å². The fourth-order valence-electron chi connectivity index (χ4n) is 2.07. The summed E-state index contributed by atoms with van der Waals surface area (Å²) >= 11 is 0. The molecule has 14 heavy (non-hydrogen) atoms. The van der Waals surface area contributed by atoms with E-state index in [9.17, 15) is 4.21 Å². The van der Waals surface area contributed by atoms with Crippen molar-refractivity contribution >= 4 is 9.73 Å². The lowest BCUT2D eigenvalue weighted by Gasteiger charge is -2.27. The Kier molecular flexibility index (Phi) is 3.99. The van der Waals surface area contributed by atoms with Crippen LogP contribution in [0.4, 0.5) is 0 Å². The average molecular weight is 217 g/mol. The third-order valence-electron chi connectivity index (χ3n) is 2.96. The largest absolute Gasteiger partial charge is 0.250 e. The summed E-state index contributed by atoms with van der Waals surface area (Å²) in [6.45, 7) is 8.55. The van der Waals surface area contributed by atoms with Crippen molar-refractivity contribution in [2.45, 2.75) is 46.6 Å². The number of hydrogen-bond donors (Lipinski definition) is 0. The molecule has 0 aromatic carbocycles. The van der Waals surface area contributed by atoms with Crippen LogP contribution in [-0.2, 0) is 9.73 Å². The zero-order valence-corrected chi connectivity index (χ0v) is 10.6. The summed E-state index contributed by atoms with van der Waals surface area (Å²) in [7, 11) is -1.83. The molecule has 1 aliphatic heterocycles. The molecule has 0 amide bonds. The highest BCUT2D eigenvalue weighted by Crippen LogP contribution is 2.26. The molecule has 0 aliphatic carbocycles. The Labute approximate surface area is 88.7 Å². The van der Waals surface area contributed by atoms with Crippen molar-refractivity contribution in [1.82, 2.24) is 0 Å². The van der Waals surface area contributed by atoms with Gasteiger partial charge in [0, 0.05) is 21.2 Å². The molecule has 0 N–H and O–H groups in total. The van der Waals surface area contributed by atoms with Gasteiger partial charge in [-0.2, -0.15) is 0 Å². The summed E-state index contributed by atoms with van der Waals surface area (Å²) in [5, 5.41) is 0. The summed E-state index contributed by atoms with van der Waals surface area (Å²) in [4.78, 5) is 0. The van der Waals surface area contributed by atoms with E-state index < -0.39 is 9.73 Å². The van der Waals surface area contributed by atoms with Crippen molar-refractivity contribution in [3.05, 3.63) is 0 Å². The van der Waals surface area contributed by atoms with Gasteiger partial charge < -0.3 is 0 Å². The smallest absolute Gasteiger partial charge is 0.0537 e. The molecule has 1 heterocycles. The van der Waals surface area contributed by atoms with E-state index in [-0.39, 0.29) is 6.04 Å². The quantitative estimate of drug-likeness (QED) is 0.699. The second-order valence-electron chi connectivity index (χ2n) is 4.96. The molecular weight excluding hydrogens is 194 g/mol. The van der Waals surface area contributed by atoms with Crippen LogP contribution < -0.4 is 0 Å². The predicted molar refractivity (Wildman–Crippen MR) is 63.0 cm³/mol. The SMILES string of the molecule is CC(C)N=S1(=O)CCC(C(C)C)CC1. The molecule has 0 radical (unpaired) electrons. The first-order valence-electron chi connectivity index (χ1n) is 5.64. The molecule has 0 aromatic heterocycles. The lowest BCUT2D eigenvalue weighted by Crippen LogP contribution is -2.26. The van der Waals surface area contributed by atoms with Gasteiger partial charge >= 0.3 is 0 Å². The summed E-state index contributed by atoms with van der Waals surface area (Å²) in [6.07, 6.45) is 2.21. The van der Waals surface area contributed by atoms with Crippen LogP contribution in [0.3, 0.4) is 0 Å². The second kappa shape index (κ2) is 4.65. The molecule has 0 bridgehead atoms. The fourth-order valence-corrected chi connectivity index (χ4v) is 4.60. The highest BCUT2D eigenvalue weighted by Gasteiger charge is 2.24. The highest BCUT2D eigenvalue weighted by atomic mass is 32.2. The molecule has 1 aliphatic rings. The Bertz CT molecular complexity index is 274. The summed E-state index contributed by atoms with van der Waals surface area (Å²) in [6, 6.07) is 0.220. The fraction of sp³-hybridized carbons (Fsp3) is 1.00. The molecule has 1 rings (SSSR count). The van der Waals surface area contributed by atoms with E-state index in [1.54, 1.807) is 0 Å². The Morgan fingerprint density at radius 3 is 2.00 bits per heavy atom. The average Bonchev–Trinajstić information content (AvgIpc) is 2.02. The van der Waals surface area contributed by atoms with Gasteiger partial charge in [-0.3, -0.25) is 0 Å². The Hall–Kier alpha value is -0.0500. The molecular formula is C11H23NOS. The maximum Gasteiger partial charge on any atom is 0.0537 e. The van der Waals surface area contributed by atoms with E-state index in [4.69, 9.17) is 0 Å². The molecule has 0 spiro atoms. The topological polar surface area (TPSA) is 29.4 Å². The highest BCUT2D eigenvalue weighted by molar-refractivity contribution is 7.93. The maximum atomic E-state index is 12.2. The predicted octanol–water partition coefficient (Wildman–Crippen LogP) is 2.93. The minimum Gasteiger partial charge on any atom is -0.250 e. The summed E-state index contributed by atoms with van der Waals surface area (Å²) in [5.74, 6) is 3.16. The minimum atomic E-state index is -1.83. The van der Waals surface area contributed by atoms with E-state index >= 15 is 0 Å². The number of nitrogens with zero attached hydrogens (tertiary/aromatic N) is 1. The van der Waals surface area contributed by atoms with Crippen molar-refractivity contribution in [3.8, 4) is 0 Å². The van der Waals surface area contributed by atoms with E-state index in [2.05, 4.69) is 18.2 Å². The molecule has 0 aromatic rings. The number of rotatable bonds is 2. The first kappa shape index (κ1) is 12.0. The van der Waals surface area contributed by atoms with Crippen LogP contribution >= 0.6 is 0 Å². The van der Waals surface area contributed by atoms with Gasteiger partial charge in [0.15, 0.2) is 0 Å². The zero-order valence-electron chi connectivity index (χ0n) is 9.82. The van der Waals surface area contributed by atoms with Gasteiger partial charge in [0.25, 0.3) is 0 Å². The normalized spacial score (nSPS) is 33.7. The van der Waals surface area contributed by atoms with Crippen LogP contribution in [0.15, 0.2) is 4.36 Å². The van der Waals surface area contributed by atoms with E-state index in [1.165, 1.54) is 0 Å². The Morgan fingerprint density at radius 1 is 1.14 bits per heavy atom. The van der Waals surface area contributed by atoms with Crippen LogP contribution in [0.1, 0.15) is 40.5 Å². The van der Waals surface area contributed by atoms with E-state index in [0.29, 0.717) is 0 Å². The van der Waals surface area contributed by atoms with Crippen molar-refractivity contribution in [2.24, 2.45) is 16.2 Å². The summed E-state index contributed by atoms with van der Waals surface area (Å²) in [5.41, 5.74) is 0. The van der Waals surface area contributed by atoms with Crippen LogP contribution in [0.5, 0.6) is 0 Å². The molecule has 3 heteroatoms. The Morgan fingerprint density at radius 2 is 1.64 bits per heavy atom. The lowest BCUT2D eigenvalue weighted by atomic mass is 9.91. The molecule has 0 saturated carbocycles. The van der Waals surface area contributed by atoms with E-state index in [0.717, 1.165) is 36.2 Å². The van der Waals surface area contributed by atoms with Crippen molar-refractivity contribution in [3.63, 3.8) is 0 Å². The first-order chi connectivity index (χ1) is 6.43. The lowest BCUT2D eigenvalue weighted by molar-refractivity contribution is 0.356. The number of hydrogen-bond acceptors (Lipinski definition) is 2. The van der Waals surface area contributed by atoms with Gasteiger partial charge in [0.05, 0.1) is 6.04 Å². The van der Waals surface area contributed by atoms with Crippen LogP contribution in [0, 0.1) is 11.8 Å². The monoisotopic (exact) mass is 217 g/mol. The van der Waals surface area contributed by atoms with Crippen molar-refractivity contribution in [2.75, 3.05) is 11.5 Å². The molecule has 0 unspecified atom stereocenters. The third-order valence-corrected chi connectivity index (χ3v) is 5.51. The van der Waals surface area contributed by atoms with Crippen molar-refractivity contribution < 1.29 is 4.21 Å². The minimum absolute atomic E-state index is 0.220. The van der Waals surface area contributed by atoms with E-state index in [1.807, 2.05) is 13.8 Å². The van der Waals surface area contributed by atoms with Crippen LogP contribution in [-0.4, -0.2) is 21.8 Å². The molecule has 2 nitrogen and oxygen atoms in total. The standard InChI is InChI=1S/C11H23NOS/c1-9(2)11-5-7-14(13,8-6-11)12-10(3)4/h9-11H,5-8H2,1-4H3. The second-order valence-corrected chi connectivity index (χ2v) is 7.53. The molecule has 1 fully saturated rings. The van der Waals surface area contributed by atoms with Crippen LogP contribution in [0.25, 0.3) is 0 Å². The molecule has 84 valence electrons. The van der Waals surface area contributed by atoms with Gasteiger partial charge in [0.2, 0.25) is 0 Å². The molecule has 1 saturated heterocycles. The maximum absolute atomic E-state index is 12.2. The van der Waals surface area contributed by atoms with Gasteiger partial charge in [-0.15, -0.1) is 0 Å². The third kappa shape index (κ3) is 3.26. The van der Waals surface area contributed by atoms with Gasteiger partial charge in [-0.05, 0) is 38.5 Å². The first-order valence-corrected chi connectivity index (χ1v) is 7.50. The molecule has 0 atom stereocenters. The van der Waals surface area contributed by atoms with Crippen molar-refractivity contribution in [1.29, 1.82) is 0 Å². The van der Waals surface area contributed by atoms with Crippen LogP contribution in [0.2, 0.25) is 0 Å². The zero-order chi connectivity index (χ0) is 10.8. The Balaban J connectivity index is 2.62.